The minimum Gasteiger partial charge on any atom is -0.507 e. The summed E-state index contributed by atoms with van der Waals surface area (Å²) in [7, 11) is 1.37. The largest absolute Gasteiger partial charge is 0.507 e. The number of ether oxygens (including phenoxy) is 1. The topological polar surface area (TPSA) is 130 Å². The number of aliphatic hydroxyl groups is 1. The second kappa shape index (κ2) is 8.90. The SMILES string of the molecule is COc1ccc(C)cc1/C(O)=C1\C(=O)C(=O)N(c2cccc(F)c2)C1c1ccc(O)c([N+](=O)[O-])c1. The van der Waals surface area contributed by atoms with Crippen LogP contribution in [0, 0.1) is 22.9 Å². The Kier molecular flexibility index (Phi) is 5.96. The molecule has 35 heavy (non-hydrogen) atoms. The number of aryl methyl sites for hydroxylation is 1. The van der Waals surface area contributed by atoms with Gasteiger partial charge >= 0.3 is 5.69 Å². The number of carbonyl (C=O) groups is 2. The predicted molar refractivity (Wildman–Crippen MR) is 124 cm³/mol. The van der Waals surface area contributed by atoms with E-state index >= 15 is 0 Å². The van der Waals surface area contributed by atoms with Gasteiger partial charge in [-0.2, -0.15) is 0 Å². The van der Waals surface area contributed by atoms with Crippen LogP contribution in [0.1, 0.15) is 22.7 Å². The van der Waals surface area contributed by atoms with Crippen LogP contribution in [0.5, 0.6) is 11.5 Å². The summed E-state index contributed by atoms with van der Waals surface area (Å²) in [5, 5.41) is 32.6. The van der Waals surface area contributed by atoms with Gasteiger partial charge in [-0.05, 0) is 48.9 Å². The van der Waals surface area contributed by atoms with E-state index in [2.05, 4.69) is 0 Å². The van der Waals surface area contributed by atoms with Crippen LogP contribution < -0.4 is 9.64 Å². The molecule has 1 atom stereocenters. The van der Waals surface area contributed by atoms with Crippen molar-refractivity contribution in [3.63, 3.8) is 0 Å². The molecule has 0 aliphatic carbocycles. The molecule has 1 saturated heterocycles. The summed E-state index contributed by atoms with van der Waals surface area (Å²) in [5.41, 5.74) is -0.135. The molecule has 1 heterocycles. The Balaban J connectivity index is 2.04. The molecule has 3 aromatic carbocycles. The van der Waals surface area contributed by atoms with Gasteiger partial charge in [0.2, 0.25) is 0 Å². The van der Waals surface area contributed by atoms with Crippen LogP contribution in [0.3, 0.4) is 0 Å². The van der Waals surface area contributed by atoms with Crippen molar-refractivity contribution in [2.24, 2.45) is 0 Å². The minimum atomic E-state index is -1.36. The quantitative estimate of drug-likeness (QED) is 0.183. The number of rotatable bonds is 5. The number of aromatic hydroxyl groups is 1. The van der Waals surface area contributed by atoms with Gasteiger partial charge in [0, 0.05) is 11.8 Å². The number of methoxy groups -OCH3 is 1. The molecule has 1 amide bonds. The lowest BCUT2D eigenvalue weighted by molar-refractivity contribution is -0.385. The Morgan fingerprint density at radius 2 is 1.86 bits per heavy atom. The van der Waals surface area contributed by atoms with Crippen LogP contribution in [0.2, 0.25) is 0 Å². The van der Waals surface area contributed by atoms with Crippen molar-refractivity contribution in [1.82, 2.24) is 0 Å². The van der Waals surface area contributed by atoms with E-state index in [0.29, 0.717) is 0 Å². The number of phenolic OH excluding ortho intramolecular Hbond substituents is 1. The van der Waals surface area contributed by atoms with Gasteiger partial charge in [0.15, 0.2) is 5.75 Å². The fourth-order valence-electron chi connectivity index (χ4n) is 4.05. The molecule has 10 heteroatoms. The highest BCUT2D eigenvalue weighted by Crippen LogP contribution is 2.45. The third-order valence-electron chi connectivity index (χ3n) is 5.65. The summed E-state index contributed by atoms with van der Waals surface area (Å²) < 4.78 is 19.3. The van der Waals surface area contributed by atoms with Crippen LogP contribution in [-0.2, 0) is 9.59 Å². The third kappa shape index (κ3) is 4.05. The number of halogens is 1. The first-order valence-corrected chi connectivity index (χ1v) is 10.3. The second-order valence-electron chi connectivity index (χ2n) is 7.86. The fourth-order valence-corrected chi connectivity index (χ4v) is 4.05. The molecule has 178 valence electrons. The van der Waals surface area contributed by atoms with Gasteiger partial charge < -0.3 is 14.9 Å². The number of nitro groups is 1. The van der Waals surface area contributed by atoms with Gasteiger partial charge in [-0.25, -0.2) is 4.39 Å². The Hall–Kier alpha value is -4.73. The number of aliphatic hydroxyl groups excluding tert-OH is 1. The lowest BCUT2D eigenvalue weighted by Crippen LogP contribution is -2.29. The molecule has 2 N–H and O–H groups in total. The Bertz CT molecular complexity index is 1420. The molecular formula is C25H19FN2O7. The number of benzene rings is 3. The second-order valence-corrected chi connectivity index (χ2v) is 7.86. The first kappa shape index (κ1) is 23.4. The predicted octanol–water partition coefficient (Wildman–Crippen LogP) is 4.38. The average molecular weight is 478 g/mol. The molecule has 1 fully saturated rings. The molecule has 0 aromatic heterocycles. The summed E-state index contributed by atoms with van der Waals surface area (Å²) >= 11 is 0. The number of anilines is 1. The number of nitrogens with zero attached hydrogens (tertiary/aromatic N) is 2. The maximum atomic E-state index is 14.0. The van der Waals surface area contributed by atoms with Gasteiger partial charge in [0.05, 0.1) is 29.2 Å². The number of carbonyl (C=O) groups excluding carboxylic acids is 2. The Morgan fingerprint density at radius 1 is 1.11 bits per heavy atom. The maximum Gasteiger partial charge on any atom is 0.311 e. The van der Waals surface area contributed by atoms with Gasteiger partial charge in [0.1, 0.15) is 17.3 Å². The van der Waals surface area contributed by atoms with Crippen molar-refractivity contribution in [2.45, 2.75) is 13.0 Å². The van der Waals surface area contributed by atoms with Gasteiger partial charge in [-0.1, -0.05) is 23.8 Å². The van der Waals surface area contributed by atoms with Crippen LogP contribution >= 0.6 is 0 Å². The summed E-state index contributed by atoms with van der Waals surface area (Å²) in [4.78, 5) is 37.9. The van der Waals surface area contributed by atoms with E-state index in [9.17, 15) is 34.3 Å². The van der Waals surface area contributed by atoms with Crippen LogP contribution in [0.25, 0.3) is 5.76 Å². The van der Waals surface area contributed by atoms with Crippen molar-refractivity contribution in [3.8, 4) is 11.5 Å². The van der Waals surface area contributed by atoms with Crippen molar-refractivity contribution in [2.75, 3.05) is 12.0 Å². The lowest BCUT2D eigenvalue weighted by atomic mass is 9.94. The summed E-state index contributed by atoms with van der Waals surface area (Å²) in [5.74, 6) is -3.79. The molecule has 0 spiro atoms. The van der Waals surface area contributed by atoms with Crippen molar-refractivity contribution < 1.29 is 33.9 Å². The lowest BCUT2D eigenvalue weighted by Gasteiger charge is -2.25. The highest BCUT2D eigenvalue weighted by atomic mass is 19.1. The van der Waals surface area contributed by atoms with Gasteiger partial charge in [-0.3, -0.25) is 24.6 Å². The molecule has 4 rings (SSSR count). The van der Waals surface area contributed by atoms with Gasteiger partial charge in [-0.15, -0.1) is 0 Å². The zero-order valence-corrected chi connectivity index (χ0v) is 18.6. The Morgan fingerprint density at radius 3 is 2.51 bits per heavy atom. The van der Waals surface area contributed by atoms with E-state index in [4.69, 9.17) is 4.74 Å². The monoisotopic (exact) mass is 478 g/mol. The van der Waals surface area contributed by atoms with Crippen LogP contribution in [0.4, 0.5) is 15.8 Å². The van der Waals surface area contributed by atoms with E-state index in [-0.39, 0.29) is 28.1 Å². The van der Waals surface area contributed by atoms with Gasteiger partial charge in [0.25, 0.3) is 11.7 Å². The zero-order valence-electron chi connectivity index (χ0n) is 18.6. The maximum absolute atomic E-state index is 14.0. The van der Waals surface area contributed by atoms with E-state index in [0.717, 1.165) is 34.7 Å². The van der Waals surface area contributed by atoms with Crippen molar-refractivity contribution in [3.05, 3.63) is 98.9 Å². The first-order chi connectivity index (χ1) is 16.6. The average Bonchev–Trinajstić information content (AvgIpc) is 3.09. The summed E-state index contributed by atoms with van der Waals surface area (Å²) in [6.45, 7) is 1.75. The highest BCUT2D eigenvalue weighted by molar-refractivity contribution is 6.51. The molecule has 0 bridgehead atoms. The van der Waals surface area contributed by atoms with Crippen LogP contribution in [-0.4, -0.2) is 33.9 Å². The smallest absolute Gasteiger partial charge is 0.311 e. The van der Waals surface area contributed by atoms with Crippen LogP contribution in [0.15, 0.2) is 66.2 Å². The fraction of sp³-hybridized carbons (Fsp3) is 0.120. The molecule has 1 aliphatic heterocycles. The van der Waals surface area contributed by atoms with E-state index in [1.807, 2.05) is 0 Å². The molecular weight excluding hydrogens is 459 g/mol. The summed E-state index contributed by atoms with van der Waals surface area (Å²) in [6, 6.07) is 11.7. The number of nitro benzene ring substituents is 1. The number of amides is 1. The van der Waals surface area contributed by atoms with E-state index < -0.39 is 45.7 Å². The number of ketones is 1. The van der Waals surface area contributed by atoms with Crippen molar-refractivity contribution >= 4 is 28.8 Å². The normalized spacial score (nSPS) is 17.0. The Labute approximate surface area is 198 Å². The first-order valence-electron chi connectivity index (χ1n) is 10.3. The molecule has 1 unspecified atom stereocenters. The number of Topliss-reactive ketones (excluding diaryl/α,β-unsaturated/α-hetero) is 1. The number of hydrogen-bond acceptors (Lipinski definition) is 7. The zero-order chi connectivity index (χ0) is 25.4. The van der Waals surface area contributed by atoms with Crippen molar-refractivity contribution in [1.29, 1.82) is 0 Å². The molecule has 0 radical (unpaired) electrons. The third-order valence-corrected chi connectivity index (χ3v) is 5.65. The highest BCUT2D eigenvalue weighted by Gasteiger charge is 2.47. The minimum absolute atomic E-state index is 0.00286. The number of phenols is 1. The number of hydrogen-bond donors (Lipinski definition) is 2. The van der Waals surface area contributed by atoms with E-state index in [1.165, 1.54) is 25.3 Å². The molecule has 0 saturated carbocycles. The molecule has 3 aromatic rings. The molecule has 1 aliphatic rings. The van der Waals surface area contributed by atoms with E-state index in [1.54, 1.807) is 25.1 Å². The summed E-state index contributed by atoms with van der Waals surface area (Å²) in [6.07, 6.45) is 0. The molecule has 9 nitrogen and oxygen atoms in total. The standard InChI is InChI=1S/C25H19FN2O7/c1-13-6-9-20(35-2)17(10-13)23(30)21-22(14-7-8-19(29)18(11-14)28(33)34)27(25(32)24(21)31)16-5-3-4-15(26)12-16/h3-12,22,29-30H,1-2H3/b23-21+.